The molecule has 0 spiro atoms. The van der Waals surface area contributed by atoms with Crippen LogP contribution in [-0.4, -0.2) is 41.3 Å². The maximum absolute atomic E-state index is 13.0. The number of anilines is 1. The van der Waals surface area contributed by atoms with E-state index in [1.54, 1.807) is 16.7 Å². The molecule has 0 radical (unpaired) electrons. The maximum atomic E-state index is 13.0. The van der Waals surface area contributed by atoms with Crippen molar-refractivity contribution in [2.24, 2.45) is 7.05 Å². The molecule has 1 atom stereocenters. The molecule has 1 saturated carbocycles. The molecule has 2 aromatic rings. The number of ether oxygens (including phenoxy) is 1. The van der Waals surface area contributed by atoms with Crippen molar-refractivity contribution in [1.29, 1.82) is 0 Å². The zero-order valence-electron chi connectivity index (χ0n) is 15.6. The van der Waals surface area contributed by atoms with Gasteiger partial charge in [-0.25, -0.2) is 0 Å². The molecule has 2 fully saturated rings. The van der Waals surface area contributed by atoms with Crippen LogP contribution in [0.5, 0.6) is 5.75 Å². The van der Waals surface area contributed by atoms with Gasteiger partial charge in [0, 0.05) is 25.9 Å². The third-order valence-corrected chi connectivity index (χ3v) is 5.53. The lowest BCUT2D eigenvalue weighted by atomic mass is 9.93. The van der Waals surface area contributed by atoms with Crippen molar-refractivity contribution < 1.29 is 14.3 Å². The largest absolute Gasteiger partial charge is 0.497 e. The highest BCUT2D eigenvalue weighted by molar-refractivity contribution is 6.01. The zero-order valence-corrected chi connectivity index (χ0v) is 15.6. The van der Waals surface area contributed by atoms with Gasteiger partial charge in [-0.3, -0.25) is 19.2 Å². The summed E-state index contributed by atoms with van der Waals surface area (Å²) in [4.78, 5) is 27.6. The van der Waals surface area contributed by atoms with Gasteiger partial charge in [-0.05, 0) is 43.4 Å². The van der Waals surface area contributed by atoms with Gasteiger partial charge in [0.15, 0.2) is 5.82 Å². The van der Waals surface area contributed by atoms with E-state index >= 15 is 0 Å². The van der Waals surface area contributed by atoms with Crippen LogP contribution in [0.1, 0.15) is 31.2 Å². The average molecular weight is 368 g/mol. The van der Waals surface area contributed by atoms with E-state index in [0.717, 1.165) is 30.6 Å². The minimum Gasteiger partial charge on any atom is -0.497 e. The highest BCUT2D eigenvalue weighted by Crippen LogP contribution is 2.49. The van der Waals surface area contributed by atoms with Crippen LogP contribution in [0, 0.1) is 0 Å². The smallest absolute Gasteiger partial charge is 0.250 e. The first-order valence-electron chi connectivity index (χ1n) is 9.30. The van der Waals surface area contributed by atoms with Gasteiger partial charge in [0.05, 0.1) is 12.5 Å². The van der Waals surface area contributed by atoms with Crippen molar-refractivity contribution >= 4 is 17.6 Å². The zero-order chi connectivity index (χ0) is 19.0. The molecule has 1 N–H and O–H groups in total. The van der Waals surface area contributed by atoms with Gasteiger partial charge < -0.3 is 10.1 Å². The van der Waals surface area contributed by atoms with Crippen molar-refractivity contribution in [3.8, 4) is 5.75 Å². The Labute approximate surface area is 158 Å². The maximum Gasteiger partial charge on any atom is 0.250 e. The first kappa shape index (κ1) is 17.6. The van der Waals surface area contributed by atoms with E-state index in [4.69, 9.17) is 4.74 Å². The summed E-state index contributed by atoms with van der Waals surface area (Å²) in [6.45, 7) is 0.628. The minimum atomic E-state index is -0.540. The summed E-state index contributed by atoms with van der Waals surface area (Å²) < 4.78 is 6.96. The highest BCUT2D eigenvalue weighted by Gasteiger charge is 2.52. The third-order valence-electron chi connectivity index (χ3n) is 5.53. The third kappa shape index (κ3) is 3.18. The molecule has 2 amide bonds. The predicted octanol–water partition coefficient (Wildman–Crippen LogP) is 1.77. The Hall–Kier alpha value is -2.83. The van der Waals surface area contributed by atoms with Crippen molar-refractivity contribution in [2.75, 3.05) is 18.6 Å². The fraction of sp³-hybridized carbons (Fsp3) is 0.450. The summed E-state index contributed by atoms with van der Waals surface area (Å²) >= 11 is 0. The number of carbonyl (C=O) groups excluding carboxylic acids is 2. The second-order valence-electron chi connectivity index (χ2n) is 7.32. The van der Waals surface area contributed by atoms with Crippen molar-refractivity contribution in [3.05, 3.63) is 42.1 Å². The standard InChI is InChI=1S/C20H24N4O3/c1-23-12-8-17(22-23)24-11-4-7-16(18(24)25)21-19(26)20(9-10-20)14-5-3-6-15(13-14)27-2/h3,5-6,8,12-13,16H,4,7,9-11H2,1-2H3,(H,21,26). The normalized spacial score (nSPS) is 21.0. The van der Waals surface area contributed by atoms with Crippen LogP contribution in [0.15, 0.2) is 36.5 Å². The van der Waals surface area contributed by atoms with Crippen molar-refractivity contribution in [1.82, 2.24) is 15.1 Å². The average Bonchev–Trinajstić information content (AvgIpc) is 3.39. The molecular weight excluding hydrogens is 344 g/mol. The lowest BCUT2D eigenvalue weighted by molar-refractivity contribution is -0.129. The van der Waals surface area contributed by atoms with E-state index in [-0.39, 0.29) is 11.8 Å². The molecule has 27 heavy (non-hydrogen) atoms. The number of aryl methyl sites for hydroxylation is 1. The lowest BCUT2D eigenvalue weighted by Crippen LogP contribution is -2.54. The Bertz CT molecular complexity index is 872. The molecule has 4 rings (SSSR count). The van der Waals surface area contributed by atoms with Gasteiger partial charge in [-0.2, -0.15) is 5.10 Å². The number of methoxy groups -OCH3 is 1. The number of hydrogen-bond donors (Lipinski definition) is 1. The number of carbonyl (C=O) groups is 2. The van der Waals surface area contributed by atoms with E-state index in [1.165, 1.54) is 0 Å². The molecule has 1 aromatic heterocycles. The topological polar surface area (TPSA) is 76.5 Å². The molecule has 1 unspecified atom stereocenters. The van der Waals surface area contributed by atoms with Crippen LogP contribution >= 0.6 is 0 Å². The Morgan fingerprint density at radius 1 is 1.33 bits per heavy atom. The summed E-state index contributed by atoms with van der Waals surface area (Å²) in [5.74, 6) is 1.21. The molecular formula is C20H24N4O3. The van der Waals surface area contributed by atoms with E-state index in [9.17, 15) is 9.59 Å². The van der Waals surface area contributed by atoms with Gasteiger partial charge >= 0.3 is 0 Å². The molecule has 7 nitrogen and oxygen atoms in total. The molecule has 2 aliphatic rings. The Morgan fingerprint density at radius 3 is 2.81 bits per heavy atom. The number of piperidine rings is 1. The van der Waals surface area contributed by atoms with Crippen LogP contribution in [0.3, 0.4) is 0 Å². The van der Waals surface area contributed by atoms with Crippen molar-refractivity contribution in [2.45, 2.75) is 37.1 Å². The minimum absolute atomic E-state index is 0.0722. The lowest BCUT2D eigenvalue weighted by Gasteiger charge is -2.32. The Morgan fingerprint density at radius 2 is 2.15 bits per heavy atom. The second kappa shape index (κ2) is 6.72. The molecule has 0 bridgehead atoms. The van der Waals surface area contributed by atoms with Crippen LogP contribution in [0.25, 0.3) is 0 Å². The number of amides is 2. The van der Waals surface area contributed by atoms with Crippen LogP contribution < -0.4 is 15.0 Å². The van der Waals surface area contributed by atoms with E-state index in [0.29, 0.717) is 18.8 Å². The first-order valence-corrected chi connectivity index (χ1v) is 9.30. The van der Waals surface area contributed by atoms with Crippen LogP contribution in [0.4, 0.5) is 5.82 Å². The van der Waals surface area contributed by atoms with E-state index in [2.05, 4.69) is 10.4 Å². The number of benzene rings is 1. The molecule has 2 heterocycles. The predicted molar refractivity (Wildman–Crippen MR) is 101 cm³/mol. The monoisotopic (exact) mass is 368 g/mol. The molecule has 1 aliphatic carbocycles. The van der Waals surface area contributed by atoms with E-state index < -0.39 is 11.5 Å². The fourth-order valence-electron chi connectivity index (χ4n) is 3.77. The molecule has 142 valence electrons. The number of nitrogens with zero attached hydrogens (tertiary/aromatic N) is 3. The van der Waals surface area contributed by atoms with Crippen LogP contribution in [-0.2, 0) is 22.1 Å². The molecule has 1 aromatic carbocycles. The van der Waals surface area contributed by atoms with Crippen molar-refractivity contribution in [3.63, 3.8) is 0 Å². The summed E-state index contributed by atoms with van der Waals surface area (Å²) in [5, 5.41) is 7.33. The van der Waals surface area contributed by atoms with Gasteiger partial charge in [0.2, 0.25) is 5.91 Å². The fourth-order valence-corrected chi connectivity index (χ4v) is 3.77. The Kier molecular flexibility index (Phi) is 4.37. The Balaban J connectivity index is 1.49. The van der Waals surface area contributed by atoms with Gasteiger partial charge in [0.1, 0.15) is 11.8 Å². The summed E-state index contributed by atoms with van der Waals surface area (Å²) in [7, 11) is 3.44. The summed E-state index contributed by atoms with van der Waals surface area (Å²) in [5.41, 5.74) is 0.409. The van der Waals surface area contributed by atoms with Gasteiger partial charge in [-0.15, -0.1) is 0 Å². The number of rotatable bonds is 5. The molecule has 1 aliphatic heterocycles. The molecule has 7 heteroatoms. The first-order chi connectivity index (χ1) is 13.0. The summed E-state index contributed by atoms with van der Waals surface area (Å²) in [6, 6.07) is 8.95. The second-order valence-corrected chi connectivity index (χ2v) is 7.32. The van der Waals surface area contributed by atoms with Crippen LogP contribution in [0.2, 0.25) is 0 Å². The quantitative estimate of drug-likeness (QED) is 0.873. The summed E-state index contributed by atoms with van der Waals surface area (Å²) in [6.07, 6.45) is 4.88. The number of aromatic nitrogens is 2. The van der Waals surface area contributed by atoms with Gasteiger partial charge in [0.25, 0.3) is 5.91 Å². The van der Waals surface area contributed by atoms with Gasteiger partial charge in [-0.1, -0.05) is 12.1 Å². The van der Waals surface area contributed by atoms with E-state index in [1.807, 2.05) is 43.6 Å². The molecule has 1 saturated heterocycles. The SMILES string of the molecule is COc1cccc(C2(C(=O)NC3CCCN(c4ccn(C)n4)C3=O)CC2)c1. The number of nitrogens with one attached hydrogen (secondary N) is 1. The number of hydrogen-bond acceptors (Lipinski definition) is 4. The highest BCUT2D eigenvalue weighted by atomic mass is 16.5.